The van der Waals surface area contributed by atoms with Crippen molar-refractivity contribution in [3.63, 3.8) is 0 Å². The summed E-state index contributed by atoms with van der Waals surface area (Å²) in [6, 6.07) is 0. The van der Waals surface area contributed by atoms with Crippen LogP contribution in [0.1, 0.15) is 19.6 Å². The van der Waals surface area contributed by atoms with Crippen molar-refractivity contribution in [2.45, 2.75) is 31.8 Å². The van der Waals surface area contributed by atoms with Gasteiger partial charge in [0.25, 0.3) is 5.56 Å². The smallest absolute Gasteiger partial charge is 0.460 e. The van der Waals surface area contributed by atoms with Gasteiger partial charge in [0.2, 0.25) is 5.82 Å². The number of nitrogens with one attached hydrogen (secondary N) is 1. The molecule has 3 atom stereocenters. The van der Waals surface area contributed by atoms with Crippen LogP contribution in [0.2, 0.25) is 0 Å². The van der Waals surface area contributed by atoms with Crippen molar-refractivity contribution in [3.8, 4) is 0 Å². The van der Waals surface area contributed by atoms with Gasteiger partial charge in [0.15, 0.2) is 0 Å². The molecule has 0 amide bonds. The van der Waals surface area contributed by atoms with E-state index < -0.39 is 55.7 Å². The van der Waals surface area contributed by atoms with Crippen molar-refractivity contribution in [1.29, 1.82) is 0 Å². The Balaban J connectivity index is 2.24. The van der Waals surface area contributed by atoms with Crippen molar-refractivity contribution in [3.05, 3.63) is 42.7 Å². The minimum Gasteiger partial charge on any atom is -0.460 e. The molecule has 1 aliphatic rings. The largest absolute Gasteiger partial charge is 0.504 e. The van der Waals surface area contributed by atoms with E-state index in [1.165, 1.54) is 0 Å². The van der Waals surface area contributed by atoms with Crippen LogP contribution in [0, 0.1) is 15.6 Å². The lowest BCUT2D eigenvalue weighted by atomic mass is 10.2. The molecule has 2 rings (SSSR count). The van der Waals surface area contributed by atoms with Gasteiger partial charge >= 0.3 is 19.3 Å². The zero-order valence-electron chi connectivity index (χ0n) is 13.1. The molecule has 142 valence electrons. The van der Waals surface area contributed by atoms with Crippen molar-refractivity contribution < 1.29 is 27.7 Å². The highest BCUT2D eigenvalue weighted by Crippen LogP contribution is 2.50. The van der Waals surface area contributed by atoms with Gasteiger partial charge in [-0.15, -0.1) is 9.81 Å². The molecule has 1 aromatic rings. The summed E-state index contributed by atoms with van der Waals surface area (Å²) in [6.45, 7) is 0.395. The summed E-state index contributed by atoms with van der Waals surface area (Å²) in [5, 5.41) is 0. The summed E-state index contributed by atoms with van der Waals surface area (Å²) in [5.74, 6) is -1.98. The molecule has 0 radical (unpaired) electrons. The normalized spacial score (nSPS) is 22.8. The molecule has 0 spiro atoms. The molecule has 1 aliphatic heterocycles. The first kappa shape index (κ1) is 19.8. The molecular formula is C11H12FN4O9P. The summed E-state index contributed by atoms with van der Waals surface area (Å²) in [7, 11) is -4.67. The standard InChI is InChI=1S/C11H12FN4O9P/c1-5(17)24-7-2-9(16-3-6(12)10(18)13-11(16)19)25-8(7)4-23-26(22,14-20)15-21/h3,7-9H,2,4H2,1H3,(H,13,18,19). The van der Waals surface area contributed by atoms with Crippen LogP contribution in [0.4, 0.5) is 4.39 Å². The number of rotatable bonds is 7. The highest BCUT2D eigenvalue weighted by molar-refractivity contribution is 7.55. The van der Waals surface area contributed by atoms with Crippen molar-refractivity contribution >= 4 is 13.6 Å². The van der Waals surface area contributed by atoms with Gasteiger partial charge in [0.1, 0.15) is 18.4 Å². The summed E-state index contributed by atoms with van der Waals surface area (Å²) >= 11 is 0. The van der Waals surface area contributed by atoms with Gasteiger partial charge in [-0.25, -0.2) is 9.36 Å². The molecule has 0 aliphatic carbocycles. The van der Waals surface area contributed by atoms with Crippen molar-refractivity contribution in [1.82, 2.24) is 9.55 Å². The van der Waals surface area contributed by atoms with Crippen LogP contribution < -0.4 is 11.2 Å². The van der Waals surface area contributed by atoms with Crippen LogP contribution in [-0.2, 0) is 23.4 Å². The lowest BCUT2D eigenvalue weighted by Gasteiger charge is -2.18. The predicted octanol–water partition coefficient (Wildman–Crippen LogP) is 0.552. The predicted molar refractivity (Wildman–Crippen MR) is 80.5 cm³/mol. The molecule has 1 saturated heterocycles. The molecule has 0 bridgehead atoms. The number of hydrogen-bond donors (Lipinski definition) is 1. The monoisotopic (exact) mass is 394 g/mol. The number of aromatic amines is 1. The second kappa shape index (κ2) is 7.76. The van der Waals surface area contributed by atoms with Crippen LogP contribution in [0.15, 0.2) is 25.7 Å². The molecule has 0 aromatic carbocycles. The molecule has 3 unspecified atom stereocenters. The van der Waals surface area contributed by atoms with Gasteiger partial charge in [0, 0.05) is 23.2 Å². The van der Waals surface area contributed by atoms with E-state index in [1.54, 1.807) is 4.98 Å². The van der Waals surface area contributed by atoms with Crippen LogP contribution in [0.5, 0.6) is 0 Å². The Hall–Kier alpha value is -2.57. The van der Waals surface area contributed by atoms with Crippen LogP contribution in [0.25, 0.3) is 0 Å². The maximum absolute atomic E-state index is 13.4. The third-order valence-corrected chi connectivity index (χ3v) is 4.24. The zero-order valence-corrected chi connectivity index (χ0v) is 14.0. The maximum Gasteiger partial charge on any atom is 0.504 e. The fraction of sp³-hybridized carbons (Fsp3) is 0.545. The number of carbonyl (C=O) groups excluding carboxylic acids is 1. The van der Waals surface area contributed by atoms with E-state index in [0.717, 1.165) is 6.92 Å². The molecule has 2 heterocycles. The molecule has 1 N–H and O–H groups in total. The SMILES string of the molecule is CC(=O)OC1CC(n2cc(F)c(=O)[nH]c2=O)OC1COP(=O)(N=O)N=O. The number of aromatic nitrogens is 2. The fourth-order valence-corrected chi connectivity index (χ4v) is 2.73. The van der Waals surface area contributed by atoms with Gasteiger partial charge in [-0.05, 0) is 0 Å². The molecule has 13 nitrogen and oxygen atoms in total. The summed E-state index contributed by atoms with van der Waals surface area (Å²) in [4.78, 5) is 60.4. The first-order valence-corrected chi connectivity index (χ1v) is 8.50. The van der Waals surface area contributed by atoms with Gasteiger partial charge < -0.3 is 9.47 Å². The number of halogens is 1. The second-order valence-corrected chi connectivity index (χ2v) is 6.67. The summed E-state index contributed by atoms with van der Waals surface area (Å²) in [6.07, 6.45) is -2.97. The fourth-order valence-electron chi connectivity index (χ4n) is 2.27. The molecule has 1 aromatic heterocycles. The average Bonchev–Trinajstić information content (AvgIpc) is 2.97. The quantitative estimate of drug-likeness (QED) is 0.393. The Labute approximate surface area is 142 Å². The Kier molecular flexibility index (Phi) is 5.90. The minimum atomic E-state index is -4.67. The zero-order chi connectivity index (χ0) is 19.5. The summed E-state index contributed by atoms with van der Waals surface area (Å²) < 4.78 is 40.5. The Morgan fingerprint density at radius 1 is 1.46 bits per heavy atom. The Bertz CT molecular complexity index is 871. The van der Waals surface area contributed by atoms with Gasteiger partial charge in [-0.3, -0.25) is 23.7 Å². The van der Waals surface area contributed by atoms with Gasteiger partial charge in [-0.1, -0.05) is 0 Å². The lowest BCUT2D eigenvalue weighted by molar-refractivity contribution is -0.150. The molecule has 15 heteroatoms. The number of ether oxygens (including phenoxy) is 2. The first-order valence-electron chi connectivity index (χ1n) is 6.97. The number of hydrogen-bond acceptors (Lipinski definition) is 9. The Morgan fingerprint density at radius 3 is 2.69 bits per heavy atom. The number of nitrogens with zero attached hydrogens (tertiary/aromatic N) is 3. The van der Waals surface area contributed by atoms with E-state index in [9.17, 15) is 33.2 Å². The molecule has 1 fully saturated rings. The third-order valence-electron chi connectivity index (χ3n) is 3.35. The van der Waals surface area contributed by atoms with Gasteiger partial charge in [-0.2, -0.15) is 4.39 Å². The van der Waals surface area contributed by atoms with Crippen molar-refractivity contribution in [2.24, 2.45) is 9.89 Å². The third kappa shape index (κ3) is 4.33. The van der Waals surface area contributed by atoms with E-state index in [0.29, 0.717) is 10.8 Å². The summed E-state index contributed by atoms with van der Waals surface area (Å²) in [5.41, 5.74) is -2.21. The van der Waals surface area contributed by atoms with E-state index in [2.05, 4.69) is 4.52 Å². The van der Waals surface area contributed by atoms with Crippen LogP contribution in [-0.4, -0.2) is 34.3 Å². The van der Waals surface area contributed by atoms with E-state index >= 15 is 0 Å². The van der Waals surface area contributed by atoms with Gasteiger partial charge in [0.05, 0.1) is 12.8 Å². The van der Waals surface area contributed by atoms with E-state index in [-0.39, 0.29) is 6.42 Å². The highest BCUT2D eigenvalue weighted by Gasteiger charge is 2.41. The molecule has 26 heavy (non-hydrogen) atoms. The highest BCUT2D eigenvalue weighted by atomic mass is 31.2. The van der Waals surface area contributed by atoms with Crippen LogP contribution in [0.3, 0.4) is 0 Å². The number of nitroso groups, excluding NO2 is 2. The van der Waals surface area contributed by atoms with Crippen LogP contribution >= 0.6 is 7.67 Å². The number of carbonyl (C=O) groups is 1. The lowest BCUT2D eigenvalue weighted by Crippen LogP contribution is -2.34. The number of esters is 1. The topological polar surface area (TPSA) is 176 Å². The average molecular weight is 394 g/mol. The first-order chi connectivity index (χ1) is 12.2. The molecular weight excluding hydrogens is 382 g/mol. The van der Waals surface area contributed by atoms with Crippen molar-refractivity contribution in [2.75, 3.05) is 6.61 Å². The van der Waals surface area contributed by atoms with E-state index in [4.69, 9.17) is 9.47 Å². The molecule has 0 saturated carbocycles. The second-order valence-electron chi connectivity index (χ2n) is 5.11. The van der Waals surface area contributed by atoms with E-state index in [1.807, 2.05) is 9.89 Å². The minimum absolute atomic E-state index is 0.160. The number of H-pyrrole nitrogens is 1. The Morgan fingerprint density at radius 2 is 2.12 bits per heavy atom. The maximum atomic E-state index is 13.4.